The van der Waals surface area contributed by atoms with Crippen molar-refractivity contribution in [3.63, 3.8) is 0 Å². The molecule has 7 heteroatoms. The molecule has 6 nitrogen and oxygen atoms in total. The first-order chi connectivity index (χ1) is 12.5. The van der Waals surface area contributed by atoms with Gasteiger partial charge >= 0.3 is 6.03 Å². The number of benzene rings is 1. The number of carbonyl (C=O) groups excluding carboxylic acids is 3. The van der Waals surface area contributed by atoms with Crippen molar-refractivity contribution < 1.29 is 14.4 Å². The van der Waals surface area contributed by atoms with Crippen molar-refractivity contribution in [3.8, 4) is 0 Å². The van der Waals surface area contributed by atoms with Gasteiger partial charge in [0.25, 0.3) is 5.91 Å². The molecule has 1 aromatic carbocycles. The van der Waals surface area contributed by atoms with Gasteiger partial charge in [0.1, 0.15) is 12.6 Å². The van der Waals surface area contributed by atoms with Gasteiger partial charge in [-0.3, -0.25) is 14.5 Å². The Balaban J connectivity index is 1.54. The molecule has 1 aromatic heterocycles. The summed E-state index contributed by atoms with van der Waals surface area (Å²) in [6, 6.07) is 12.6. The lowest BCUT2D eigenvalue weighted by Gasteiger charge is -2.19. The van der Waals surface area contributed by atoms with Gasteiger partial charge in [0, 0.05) is 11.9 Å². The van der Waals surface area contributed by atoms with Crippen molar-refractivity contribution in [2.24, 2.45) is 0 Å². The molecule has 1 aliphatic heterocycles. The van der Waals surface area contributed by atoms with Crippen molar-refractivity contribution in [1.82, 2.24) is 15.1 Å². The predicted molar refractivity (Wildman–Crippen MR) is 99.6 cm³/mol. The number of likely N-dealkylation sites (N-methyl/N-ethyl adjacent to an activating group) is 1. The van der Waals surface area contributed by atoms with Crippen LogP contribution in [0.15, 0.2) is 47.8 Å². The molecule has 26 heavy (non-hydrogen) atoms. The third kappa shape index (κ3) is 4.29. The molecule has 136 valence electrons. The van der Waals surface area contributed by atoms with Gasteiger partial charge in [-0.25, -0.2) is 4.79 Å². The largest absolute Gasteiger partial charge is 0.339 e. The third-order valence-corrected chi connectivity index (χ3v) is 5.22. The second-order valence-corrected chi connectivity index (χ2v) is 7.31. The van der Waals surface area contributed by atoms with Gasteiger partial charge in [-0.1, -0.05) is 36.4 Å². The monoisotopic (exact) mass is 371 g/mol. The molecule has 1 atom stereocenters. The van der Waals surface area contributed by atoms with Crippen LogP contribution in [0.25, 0.3) is 0 Å². The molecule has 1 saturated heterocycles. The second-order valence-electron chi connectivity index (χ2n) is 6.28. The molecule has 1 aliphatic rings. The number of urea groups is 1. The fourth-order valence-electron chi connectivity index (χ4n) is 2.86. The predicted octanol–water partition coefficient (Wildman–Crippen LogP) is 2.26. The molecular formula is C19H21N3O3S. The SMILES string of the molecule is CN(Cc1cccs1)C(=O)CN1C(=O)N[C@@H](CCc2ccccc2)C1=O. The molecular weight excluding hydrogens is 350 g/mol. The Hall–Kier alpha value is -2.67. The fraction of sp³-hybridized carbons (Fsp3) is 0.316. The van der Waals surface area contributed by atoms with Crippen LogP contribution in [0.1, 0.15) is 16.9 Å². The highest BCUT2D eigenvalue weighted by Gasteiger charge is 2.38. The van der Waals surface area contributed by atoms with Crippen LogP contribution in [0.5, 0.6) is 0 Å². The zero-order chi connectivity index (χ0) is 18.5. The first kappa shape index (κ1) is 18.1. The number of hydrogen-bond donors (Lipinski definition) is 1. The van der Waals surface area contributed by atoms with Crippen molar-refractivity contribution in [1.29, 1.82) is 0 Å². The molecule has 2 heterocycles. The van der Waals surface area contributed by atoms with Crippen molar-refractivity contribution in [2.75, 3.05) is 13.6 Å². The van der Waals surface area contributed by atoms with E-state index in [1.807, 2.05) is 47.8 Å². The minimum Gasteiger partial charge on any atom is -0.339 e. The highest BCUT2D eigenvalue weighted by atomic mass is 32.1. The molecule has 0 radical (unpaired) electrons. The summed E-state index contributed by atoms with van der Waals surface area (Å²) in [5.74, 6) is -0.589. The van der Waals surface area contributed by atoms with Crippen LogP contribution in [0.3, 0.4) is 0 Å². The number of aryl methyl sites for hydroxylation is 1. The van der Waals surface area contributed by atoms with Gasteiger partial charge in [0.05, 0.1) is 6.54 Å². The Bertz CT molecular complexity index is 777. The van der Waals surface area contributed by atoms with Gasteiger partial charge in [-0.15, -0.1) is 11.3 Å². The van der Waals surface area contributed by atoms with E-state index in [9.17, 15) is 14.4 Å². The number of imide groups is 1. The van der Waals surface area contributed by atoms with Gasteiger partial charge in [0.2, 0.25) is 5.91 Å². The maximum atomic E-state index is 12.5. The van der Waals surface area contributed by atoms with Crippen LogP contribution < -0.4 is 5.32 Å². The van der Waals surface area contributed by atoms with E-state index in [-0.39, 0.29) is 18.4 Å². The van der Waals surface area contributed by atoms with Gasteiger partial charge in [-0.2, -0.15) is 0 Å². The summed E-state index contributed by atoms with van der Waals surface area (Å²) in [6.45, 7) is 0.242. The summed E-state index contributed by atoms with van der Waals surface area (Å²) >= 11 is 1.56. The molecule has 3 rings (SSSR count). The van der Waals surface area contributed by atoms with Crippen LogP contribution in [-0.2, 0) is 22.6 Å². The number of hydrogen-bond acceptors (Lipinski definition) is 4. The third-order valence-electron chi connectivity index (χ3n) is 4.36. The highest BCUT2D eigenvalue weighted by molar-refractivity contribution is 7.09. The molecule has 0 spiro atoms. The molecule has 1 fully saturated rings. The zero-order valence-electron chi connectivity index (χ0n) is 14.6. The second kappa shape index (κ2) is 8.14. The standard InChI is InChI=1S/C19H21N3O3S/c1-21(12-15-8-5-11-26-15)17(23)13-22-18(24)16(20-19(22)25)10-9-14-6-3-2-4-7-14/h2-8,11,16H,9-10,12-13H2,1H3,(H,20,25)/t16-/m0/s1. The summed E-state index contributed by atoms with van der Waals surface area (Å²) in [7, 11) is 1.67. The summed E-state index contributed by atoms with van der Waals surface area (Å²) < 4.78 is 0. The van der Waals surface area contributed by atoms with Crippen molar-refractivity contribution in [2.45, 2.75) is 25.4 Å². The molecule has 0 unspecified atom stereocenters. The first-order valence-electron chi connectivity index (χ1n) is 8.46. The van der Waals surface area contributed by atoms with Crippen LogP contribution in [0, 0.1) is 0 Å². The molecule has 1 N–H and O–H groups in total. The Morgan fingerprint density at radius 3 is 2.65 bits per heavy atom. The van der Waals surface area contributed by atoms with E-state index in [1.165, 1.54) is 4.90 Å². The van der Waals surface area contributed by atoms with Crippen LogP contribution in [-0.4, -0.2) is 47.3 Å². The quantitative estimate of drug-likeness (QED) is 0.759. The fourth-order valence-corrected chi connectivity index (χ4v) is 3.62. The van der Waals surface area contributed by atoms with Crippen LogP contribution in [0.2, 0.25) is 0 Å². The maximum Gasteiger partial charge on any atom is 0.325 e. The average Bonchev–Trinajstić information content (AvgIpc) is 3.24. The molecule has 2 aromatic rings. The first-order valence-corrected chi connectivity index (χ1v) is 9.34. The minimum absolute atomic E-state index is 0.228. The number of rotatable bonds is 7. The minimum atomic E-state index is -0.571. The zero-order valence-corrected chi connectivity index (χ0v) is 15.4. The van der Waals surface area contributed by atoms with Crippen molar-refractivity contribution >= 4 is 29.2 Å². The Kier molecular flexibility index (Phi) is 5.68. The van der Waals surface area contributed by atoms with Crippen molar-refractivity contribution in [3.05, 3.63) is 58.3 Å². The maximum absolute atomic E-state index is 12.5. The smallest absolute Gasteiger partial charge is 0.325 e. The van der Waals surface area contributed by atoms with Gasteiger partial charge < -0.3 is 10.2 Å². The van der Waals surface area contributed by atoms with Crippen LogP contribution in [0.4, 0.5) is 4.79 Å². The highest BCUT2D eigenvalue weighted by Crippen LogP contribution is 2.15. The number of nitrogens with one attached hydrogen (secondary N) is 1. The van der Waals surface area contributed by atoms with E-state index < -0.39 is 12.1 Å². The molecule has 0 bridgehead atoms. The summed E-state index contributed by atoms with van der Waals surface area (Å²) in [4.78, 5) is 40.6. The van der Waals surface area contributed by atoms with E-state index in [0.717, 1.165) is 15.3 Å². The number of thiophene rings is 1. The molecule has 0 saturated carbocycles. The van der Waals surface area contributed by atoms with E-state index in [2.05, 4.69) is 5.32 Å². The van der Waals surface area contributed by atoms with Gasteiger partial charge in [0.15, 0.2) is 0 Å². The Morgan fingerprint density at radius 1 is 1.19 bits per heavy atom. The van der Waals surface area contributed by atoms with E-state index in [0.29, 0.717) is 19.4 Å². The van der Waals surface area contributed by atoms with E-state index >= 15 is 0 Å². The summed E-state index contributed by atoms with van der Waals surface area (Å²) in [6.07, 6.45) is 1.21. The van der Waals surface area contributed by atoms with Gasteiger partial charge in [-0.05, 0) is 29.9 Å². The lowest BCUT2D eigenvalue weighted by molar-refractivity contribution is -0.136. The normalized spacial score (nSPS) is 16.7. The van der Waals surface area contributed by atoms with E-state index in [4.69, 9.17) is 0 Å². The average molecular weight is 371 g/mol. The lowest BCUT2D eigenvalue weighted by atomic mass is 10.1. The lowest BCUT2D eigenvalue weighted by Crippen LogP contribution is -2.41. The number of amides is 4. The van der Waals surface area contributed by atoms with E-state index in [1.54, 1.807) is 18.4 Å². The summed E-state index contributed by atoms with van der Waals surface area (Å²) in [5, 5.41) is 4.63. The van der Waals surface area contributed by atoms with Crippen LogP contribution >= 0.6 is 11.3 Å². The number of nitrogens with zero attached hydrogens (tertiary/aromatic N) is 2. The topological polar surface area (TPSA) is 69.7 Å². The summed E-state index contributed by atoms with van der Waals surface area (Å²) in [5.41, 5.74) is 1.11. The molecule has 0 aliphatic carbocycles. The molecule has 4 amide bonds. The Morgan fingerprint density at radius 2 is 1.96 bits per heavy atom. The Labute approximate surface area is 156 Å². The number of carbonyl (C=O) groups is 3.